The van der Waals surface area contributed by atoms with Crippen molar-refractivity contribution >= 4 is 5.91 Å². The maximum absolute atomic E-state index is 13.5. The zero-order valence-corrected chi connectivity index (χ0v) is 11.7. The van der Waals surface area contributed by atoms with Crippen LogP contribution in [0.1, 0.15) is 26.3 Å². The van der Waals surface area contributed by atoms with E-state index in [2.05, 4.69) is 5.32 Å². The molecule has 1 rings (SSSR count). The molecule has 0 aliphatic rings. The van der Waals surface area contributed by atoms with Gasteiger partial charge in [-0.25, -0.2) is 4.39 Å². The van der Waals surface area contributed by atoms with Crippen LogP contribution in [0.4, 0.5) is 4.39 Å². The first-order valence-electron chi connectivity index (χ1n) is 6.07. The number of hydrogen-bond donors (Lipinski definition) is 2. The van der Waals surface area contributed by atoms with Gasteiger partial charge in [-0.15, -0.1) is 0 Å². The van der Waals surface area contributed by atoms with Gasteiger partial charge in [-0.2, -0.15) is 0 Å². The van der Waals surface area contributed by atoms with Crippen LogP contribution in [0.15, 0.2) is 18.2 Å². The maximum atomic E-state index is 13.5. The molecule has 0 radical (unpaired) electrons. The number of ether oxygens (including phenoxy) is 1. The highest BCUT2D eigenvalue weighted by Crippen LogP contribution is 2.18. The van der Waals surface area contributed by atoms with Crippen LogP contribution in [0.2, 0.25) is 0 Å². The zero-order valence-electron chi connectivity index (χ0n) is 11.7. The normalized spacial score (nSPS) is 12.9. The Labute approximate surface area is 112 Å². The van der Waals surface area contributed by atoms with E-state index < -0.39 is 17.5 Å². The molecule has 4 nitrogen and oxygen atoms in total. The molecule has 19 heavy (non-hydrogen) atoms. The summed E-state index contributed by atoms with van der Waals surface area (Å²) in [6, 6.07) is 4.39. The number of aliphatic hydroxyl groups excluding tert-OH is 1. The third-order valence-electron chi connectivity index (χ3n) is 3.09. The summed E-state index contributed by atoms with van der Waals surface area (Å²) in [5.41, 5.74) is -0.167. The molecule has 0 aliphatic carbocycles. The van der Waals surface area contributed by atoms with Crippen molar-refractivity contribution in [3.05, 3.63) is 29.6 Å². The molecule has 1 aromatic carbocycles. The van der Waals surface area contributed by atoms with E-state index in [1.165, 1.54) is 19.2 Å². The first-order valence-corrected chi connectivity index (χ1v) is 6.07. The van der Waals surface area contributed by atoms with Crippen LogP contribution in [0.25, 0.3) is 0 Å². The summed E-state index contributed by atoms with van der Waals surface area (Å²) < 4.78 is 18.3. The molecule has 0 bridgehead atoms. The Kier molecular flexibility index (Phi) is 4.89. The van der Waals surface area contributed by atoms with Crippen molar-refractivity contribution < 1.29 is 19.0 Å². The number of hydrogen-bond acceptors (Lipinski definition) is 3. The Morgan fingerprint density at radius 3 is 2.63 bits per heavy atom. The Bertz CT molecular complexity index is 458. The quantitative estimate of drug-likeness (QED) is 0.854. The number of rotatable bonds is 5. The van der Waals surface area contributed by atoms with E-state index in [0.29, 0.717) is 5.56 Å². The van der Waals surface area contributed by atoms with Crippen LogP contribution in [0.5, 0.6) is 5.75 Å². The van der Waals surface area contributed by atoms with E-state index in [0.717, 1.165) is 0 Å². The first kappa shape index (κ1) is 15.4. The molecule has 106 valence electrons. The number of benzene rings is 1. The minimum absolute atomic E-state index is 0.0526. The Morgan fingerprint density at radius 1 is 1.53 bits per heavy atom. The molecule has 0 fully saturated rings. The van der Waals surface area contributed by atoms with Crippen LogP contribution in [-0.2, 0) is 11.2 Å². The number of amides is 1. The minimum atomic E-state index is -0.720. The second-order valence-corrected chi connectivity index (χ2v) is 5.09. The molecule has 0 saturated carbocycles. The smallest absolute Gasteiger partial charge is 0.224 e. The fourth-order valence-corrected chi connectivity index (χ4v) is 1.51. The number of carbonyl (C=O) groups excluding carboxylic acids is 1. The third-order valence-corrected chi connectivity index (χ3v) is 3.09. The van der Waals surface area contributed by atoms with Crippen LogP contribution in [0, 0.1) is 5.82 Å². The molecule has 0 heterocycles. The summed E-state index contributed by atoms with van der Waals surface area (Å²) in [5.74, 6) is -0.619. The number of nitrogens with one attached hydrogen (secondary N) is 1. The van der Waals surface area contributed by atoms with Gasteiger partial charge >= 0.3 is 0 Å². The van der Waals surface area contributed by atoms with Gasteiger partial charge in [-0.05, 0) is 38.5 Å². The van der Waals surface area contributed by atoms with Crippen molar-refractivity contribution in [1.82, 2.24) is 5.32 Å². The predicted molar refractivity (Wildman–Crippen MR) is 70.6 cm³/mol. The van der Waals surface area contributed by atoms with Gasteiger partial charge in [0.05, 0.1) is 25.2 Å². The summed E-state index contributed by atoms with van der Waals surface area (Å²) in [4.78, 5) is 11.8. The molecule has 0 aliphatic heterocycles. The lowest BCUT2D eigenvalue weighted by molar-refractivity contribution is -0.123. The van der Waals surface area contributed by atoms with Gasteiger partial charge in [0.25, 0.3) is 0 Å². The van der Waals surface area contributed by atoms with Crippen molar-refractivity contribution in [3.8, 4) is 5.75 Å². The summed E-state index contributed by atoms with van der Waals surface area (Å²) in [5, 5.41) is 12.2. The number of carbonyl (C=O) groups is 1. The number of aliphatic hydroxyl groups is 1. The highest BCUT2D eigenvalue weighted by Gasteiger charge is 2.25. The molecule has 1 unspecified atom stereocenters. The van der Waals surface area contributed by atoms with Gasteiger partial charge in [-0.3, -0.25) is 4.79 Å². The monoisotopic (exact) mass is 269 g/mol. The van der Waals surface area contributed by atoms with Crippen molar-refractivity contribution in [1.29, 1.82) is 0 Å². The largest absolute Gasteiger partial charge is 0.494 e. The van der Waals surface area contributed by atoms with Crippen molar-refractivity contribution in [3.63, 3.8) is 0 Å². The maximum Gasteiger partial charge on any atom is 0.224 e. The van der Waals surface area contributed by atoms with E-state index in [9.17, 15) is 14.3 Å². The second-order valence-electron chi connectivity index (χ2n) is 5.09. The standard InChI is InChI=1S/C14H20FNO3/c1-9(17)14(2,3)16-13(18)8-10-5-6-12(19-4)11(15)7-10/h5-7,9,17H,8H2,1-4H3,(H,16,18). The second kappa shape index (κ2) is 6.02. The summed E-state index contributed by atoms with van der Waals surface area (Å²) >= 11 is 0. The van der Waals surface area contributed by atoms with E-state index in [-0.39, 0.29) is 18.1 Å². The summed E-state index contributed by atoms with van der Waals surface area (Å²) in [7, 11) is 1.38. The molecule has 5 heteroatoms. The molecule has 0 aromatic heterocycles. The Hall–Kier alpha value is -1.62. The highest BCUT2D eigenvalue weighted by atomic mass is 19.1. The van der Waals surface area contributed by atoms with Crippen LogP contribution in [0.3, 0.4) is 0 Å². The van der Waals surface area contributed by atoms with Crippen molar-refractivity contribution in [2.45, 2.75) is 38.8 Å². The third kappa shape index (κ3) is 4.21. The highest BCUT2D eigenvalue weighted by molar-refractivity contribution is 5.79. The molecular weight excluding hydrogens is 249 g/mol. The first-order chi connectivity index (χ1) is 8.76. The van der Waals surface area contributed by atoms with Gasteiger partial charge in [0.2, 0.25) is 5.91 Å². The molecule has 1 atom stereocenters. The Morgan fingerprint density at radius 2 is 2.16 bits per heavy atom. The average molecular weight is 269 g/mol. The van der Waals surface area contributed by atoms with Gasteiger partial charge in [0, 0.05) is 0 Å². The van der Waals surface area contributed by atoms with E-state index in [4.69, 9.17) is 4.74 Å². The summed E-state index contributed by atoms with van der Waals surface area (Å²) in [6.45, 7) is 5.06. The lowest BCUT2D eigenvalue weighted by Crippen LogP contribution is -2.51. The zero-order chi connectivity index (χ0) is 14.6. The van der Waals surface area contributed by atoms with Crippen LogP contribution >= 0.6 is 0 Å². The van der Waals surface area contributed by atoms with E-state index in [1.807, 2.05) is 0 Å². The Balaban J connectivity index is 2.70. The van der Waals surface area contributed by atoms with Crippen molar-refractivity contribution in [2.75, 3.05) is 7.11 Å². The van der Waals surface area contributed by atoms with Crippen LogP contribution in [-0.4, -0.2) is 29.8 Å². The van der Waals surface area contributed by atoms with Gasteiger partial charge < -0.3 is 15.2 Å². The van der Waals surface area contributed by atoms with Gasteiger partial charge in [-0.1, -0.05) is 6.07 Å². The molecular formula is C14H20FNO3. The molecule has 1 aromatic rings. The lowest BCUT2D eigenvalue weighted by Gasteiger charge is -2.29. The molecule has 0 saturated heterocycles. The van der Waals surface area contributed by atoms with E-state index in [1.54, 1.807) is 26.8 Å². The predicted octanol–water partition coefficient (Wildman–Crippen LogP) is 1.65. The SMILES string of the molecule is COc1ccc(CC(=O)NC(C)(C)C(C)O)cc1F. The number of methoxy groups -OCH3 is 1. The van der Waals surface area contributed by atoms with Crippen LogP contribution < -0.4 is 10.1 Å². The fraction of sp³-hybridized carbons (Fsp3) is 0.500. The summed E-state index contributed by atoms with van der Waals surface area (Å²) in [6.07, 6.45) is -0.624. The molecule has 1 amide bonds. The van der Waals surface area contributed by atoms with E-state index >= 15 is 0 Å². The lowest BCUT2D eigenvalue weighted by atomic mass is 9.98. The van der Waals surface area contributed by atoms with Gasteiger partial charge in [0.1, 0.15) is 0 Å². The molecule has 0 spiro atoms. The minimum Gasteiger partial charge on any atom is -0.494 e. The van der Waals surface area contributed by atoms with Crippen molar-refractivity contribution in [2.24, 2.45) is 0 Å². The molecule has 2 N–H and O–H groups in total. The fourth-order valence-electron chi connectivity index (χ4n) is 1.51. The number of halogens is 1. The van der Waals surface area contributed by atoms with Gasteiger partial charge in [0.15, 0.2) is 11.6 Å². The average Bonchev–Trinajstić information content (AvgIpc) is 2.28. The topological polar surface area (TPSA) is 58.6 Å².